The van der Waals surface area contributed by atoms with Crippen LogP contribution in [0.15, 0.2) is 18.2 Å². The summed E-state index contributed by atoms with van der Waals surface area (Å²) in [6.07, 6.45) is -0.199. The topological polar surface area (TPSA) is 59.4 Å². The minimum atomic E-state index is -0.970. The fourth-order valence-electron chi connectivity index (χ4n) is 1.67. The summed E-state index contributed by atoms with van der Waals surface area (Å²) in [4.78, 5) is 14.9. The Hall–Kier alpha value is -1.52. The highest BCUT2D eigenvalue weighted by molar-refractivity contribution is 6.45. The van der Waals surface area contributed by atoms with Crippen molar-refractivity contribution in [3.63, 3.8) is 0 Å². The van der Waals surface area contributed by atoms with Gasteiger partial charge in [-0.25, -0.2) is 0 Å². The van der Waals surface area contributed by atoms with Crippen molar-refractivity contribution in [1.82, 2.24) is 4.98 Å². The number of carboxylic acid groups (broad SMARTS) is 1. The summed E-state index contributed by atoms with van der Waals surface area (Å²) >= 11 is 12.0. The van der Waals surface area contributed by atoms with Gasteiger partial charge in [-0.2, -0.15) is 0 Å². The van der Waals surface area contributed by atoms with Gasteiger partial charge in [0, 0.05) is 11.5 Å². The highest BCUT2D eigenvalue weighted by Gasteiger charge is 2.13. The number of hydrogen-bond acceptors (Lipinski definition) is 3. The Kier molecular flexibility index (Phi) is 3.59. The average Bonchev–Trinajstić information content (AvgIpc) is 2.32. The number of pyridine rings is 1. The second-order valence-corrected chi connectivity index (χ2v) is 4.43. The lowest BCUT2D eigenvalue weighted by Gasteiger charge is -2.09. The third-order valence-corrected chi connectivity index (χ3v) is 3.23. The number of methoxy groups -OCH3 is 1. The predicted octanol–water partition coefficient (Wildman–Crippen LogP) is 3.18. The molecule has 0 atom stereocenters. The molecule has 0 aliphatic heterocycles. The predicted molar refractivity (Wildman–Crippen MR) is 69.7 cm³/mol. The van der Waals surface area contributed by atoms with Gasteiger partial charge in [-0.3, -0.25) is 9.78 Å². The van der Waals surface area contributed by atoms with Crippen molar-refractivity contribution in [2.24, 2.45) is 0 Å². The summed E-state index contributed by atoms with van der Waals surface area (Å²) < 4.78 is 5.21. The molecule has 1 aromatic carbocycles. The van der Waals surface area contributed by atoms with Crippen LogP contribution in [0.5, 0.6) is 5.75 Å². The zero-order valence-corrected chi connectivity index (χ0v) is 10.9. The molecular formula is C12H9Cl2NO3. The molecule has 0 amide bonds. The fourth-order valence-corrected chi connectivity index (χ4v) is 2.03. The third-order valence-electron chi connectivity index (χ3n) is 2.44. The molecule has 2 rings (SSSR count). The number of carbonyl (C=O) groups is 1. The van der Waals surface area contributed by atoms with E-state index >= 15 is 0 Å². The number of carboxylic acids is 1. The first-order chi connectivity index (χ1) is 8.52. The number of fused-ring (bicyclic) bond motifs is 1. The number of aromatic nitrogens is 1. The van der Waals surface area contributed by atoms with Crippen molar-refractivity contribution in [2.75, 3.05) is 7.11 Å². The van der Waals surface area contributed by atoms with Gasteiger partial charge in [0.25, 0.3) is 0 Å². The maximum absolute atomic E-state index is 10.7. The standard InChI is InChI=1S/C12H9Cl2NO3/c1-18-9-4-6(5-10(16)17)15-12-7(9)2-3-8(13)11(12)14/h2-4H,5H2,1H3,(H,16,17). The Balaban J connectivity index is 2.72. The molecule has 1 N–H and O–H groups in total. The normalized spacial score (nSPS) is 10.6. The van der Waals surface area contributed by atoms with Gasteiger partial charge >= 0.3 is 5.97 Å². The molecule has 2 aromatic rings. The molecule has 1 aromatic heterocycles. The van der Waals surface area contributed by atoms with Crippen LogP contribution in [0, 0.1) is 0 Å². The van der Waals surface area contributed by atoms with E-state index in [1.165, 1.54) is 7.11 Å². The van der Waals surface area contributed by atoms with Gasteiger partial charge in [0.05, 0.1) is 34.8 Å². The van der Waals surface area contributed by atoms with Crippen molar-refractivity contribution >= 4 is 40.1 Å². The number of hydrogen-bond donors (Lipinski definition) is 1. The molecule has 6 heteroatoms. The minimum absolute atomic E-state index is 0.199. The zero-order chi connectivity index (χ0) is 13.3. The van der Waals surface area contributed by atoms with Crippen LogP contribution in [0.2, 0.25) is 10.0 Å². The van der Waals surface area contributed by atoms with Crippen LogP contribution < -0.4 is 4.74 Å². The molecule has 4 nitrogen and oxygen atoms in total. The Morgan fingerprint density at radius 1 is 1.44 bits per heavy atom. The fraction of sp³-hybridized carbons (Fsp3) is 0.167. The maximum atomic E-state index is 10.7. The van der Waals surface area contributed by atoms with Crippen LogP contribution >= 0.6 is 23.2 Å². The maximum Gasteiger partial charge on any atom is 0.309 e. The van der Waals surface area contributed by atoms with Crippen LogP contribution in [-0.2, 0) is 11.2 Å². The highest BCUT2D eigenvalue weighted by atomic mass is 35.5. The van der Waals surface area contributed by atoms with Crippen molar-refractivity contribution < 1.29 is 14.6 Å². The second-order valence-electron chi connectivity index (χ2n) is 3.64. The lowest BCUT2D eigenvalue weighted by atomic mass is 10.1. The molecule has 0 aliphatic carbocycles. The van der Waals surface area contributed by atoms with E-state index in [4.69, 9.17) is 33.0 Å². The first-order valence-electron chi connectivity index (χ1n) is 5.06. The largest absolute Gasteiger partial charge is 0.496 e. The monoisotopic (exact) mass is 285 g/mol. The summed E-state index contributed by atoms with van der Waals surface area (Å²) in [6, 6.07) is 4.97. The van der Waals surface area contributed by atoms with Crippen LogP contribution in [0.1, 0.15) is 5.69 Å². The lowest BCUT2D eigenvalue weighted by Crippen LogP contribution is -2.03. The van der Waals surface area contributed by atoms with Crippen molar-refractivity contribution in [3.8, 4) is 5.75 Å². The number of rotatable bonds is 3. The van der Waals surface area contributed by atoms with Crippen LogP contribution in [0.25, 0.3) is 10.9 Å². The van der Waals surface area contributed by atoms with Gasteiger partial charge in [0.15, 0.2) is 0 Å². The smallest absolute Gasteiger partial charge is 0.309 e. The molecule has 1 heterocycles. The van der Waals surface area contributed by atoms with Crippen LogP contribution in [0.4, 0.5) is 0 Å². The van der Waals surface area contributed by atoms with Crippen LogP contribution in [0.3, 0.4) is 0 Å². The van der Waals surface area contributed by atoms with E-state index in [9.17, 15) is 4.79 Å². The van der Waals surface area contributed by atoms with Crippen molar-refractivity contribution in [2.45, 2.75) is 6.42 Å². The number of halogens is 2. The Bertz CT molecular complexity index is 628. The summed E-state index contributed by atoms with van der Waals surface area (Å²) in [5.74, 6) is -0.447. The summed E-state index contributed by atoms with van der Waals surface area (Å²) in [7, 11) is 1.50. The molecule has 18 heavy (non-hydrogen) atoms. The Morgan fingerprint density at radius 3 is 2.78 bits per heavy atom. The van der Waals surface area contributed by atoms with Gasteiger partial charge in [-0.1, -0.05) is 23.2 Å². The molecular weight excluding hydrogens is 277 g/mol. The second kappa shape index (κ2) is 5.00. The zero-order valence-electron chi connectivity index (χ0n) is 9.41. The van der Waals surface area contributed by atoms with Crippen molar-refractivity contribution in [1.29, 1.82) is 0 Å². The van der Waals surface area contributed by atoms with E-state index in [0.29, 0.717) is 32.4 Å². The highest BCUT2D eigenvalue weighted by Crippen LogP contribution is 2.34. The van der Waals surface area contributed by atoms with E-state index in [-0.39, 0.29) is 6.42 Å². The van der Waals surface area contributed by atoms with Gasteiger partial charge in [-0.05, 0) is 12.1 Å². The van der Waals surface area contributed by atoms with E-state index in [2.05, 4.69) is 4.98 Å². The molecule has 0 saturated carbocycles. The van der Waals surface area contributed by atoms with E-state index < -0.39 is 5.97 Å². The summed E-state index contributed by atoms with van der Waals surface area (Å²) in [5.41, 5.74) is 0.816. The number of aliphatic carboxylic acids is 1. The quantitative estimate of drug-likeness (QED) is 0.941. The van der Waals surface area contributed by atoms with Gasteiger partial charge in [0.1, 0.15) is 5.75 Å². The summed E-state index contributed by atoms with van der Waals surface area (Å²) in [6.45, 7) is 0. The van der Waals surface area contributed by atoms with E-state index in [1.54, 1.807) is 18.2 Å². The molecule has 94 valence electrons. The minimum Gasteiger partial charge on any atom is -0.496 e. The molecule has 0 unspecified atom stereocenters. The van der Waals surface area contributed by atoms with Crippen LogP contribution in [-0.4, -0.2) is 23.2 Å². The lowest BCUT2D eigenvalue weighted by molar-refractivity contribution is -0.136. The number of benzene rings is 1. The molecule has 0 radical (unpaired) electrons. The molecule has 0 saturated heterocycles. The number of ether oxygens (including phenoxy) is 1. The first kappa shape index (κ1) is 12.9. The molecule has 0 bridgehead atoms. The molecule has 0 fully saturated rings. The first-order valence-corrected chi connectivity index (χ1v) is 5.82. The number of nitrogens with zero attached hydrogens (tertiary/aromatic N) is 1. The van der Waals surface area contributed by atoms with Gasteiger partial charge < -0.3 is 9.84 Å². The SMILES string of the molecule is COc1cc(CC(=O)O)nc2c(Cl)c(Cl)ccc12. The Morgan fingerprint density at radius 2 is 2.17 bits per heavy atom. The van der Waals surface area contributed by atoms with E-state index in [0.717, 1.165) is 0 Å². The van der Waals surface area contributed by atoms with Gasteiger partial charge in [0.2, 0.25) is 0 Å². The molecule has 0 spiro atoms. The van der Waals surface area contributed by atoms with Crippen molar-refractivity contribution in [3.05, 3.63) is 33.9 Å². The van der Waals surface area contributed by atoms with E-state index in [1.807, 2.05) is 0 Å². The third kappa shape index (κ3) is 2.35. The van der Waals surface area contributed by atoms with Gasteiger partial charge in [-0.15, -0.1) is 0 Å². The average molecular weight is 286 g/mol. The molecule has 0 aliphatic rings. The Labute approximate surface area is 113 Å². The summed E-state index contributed by atoms with van der Waals surface area (Å²) in [5, 5.41) is 10.1.